The number of aliphatic hydroxyl groups excluding tert-OH is 1. The molecule has 0 heterocycles. The van der Waals surface area contributed by atoms with Crippen molar-refractivity contribution >= 4 is 17.4 Å². The van der Waals surface area contributed by atoms with Crippen LogP contribution in [0.4, 0.5) is 29.3 Å². The summed E-state index contributed by atoms with van der Waals surface area (Å²) in [5.41, 5.74) is -0.369. The predicted octanol–water partition coefficient (Wildman–Crippen LogP) is 2.78. The molecule has 23 heavy (non-hydrogen) atoms. The molecular weight excluding hydrogens is 311 g/mol. The second kappa shape index (κ2) is 7.87. The molecule has 0 atom stereocenters. The Balaban J connectivity index is 3.13. The molecule has 0 unspecified atom stereocenters. The van der Waals surface area contributed by atoms with E-state index < -0.39 is 17.8 Å². The highest BCUT2D eigenvalue weighted by Crippen LogP contribution is 2.35. The van der Waals surface area contributed by atoms with Gasteiger partial charge < -0.3 is 20.2 Å². The molecule has 0 bridgehead atoms. The fourth-order valence-electron chi connectivity index (χ4n) is 1.95. The van der Waals surface area contributed by atoms with E-state index in [2.05, 4.69) is 11.9 Å². The van der Waals surface area contributed by atoms with Crippen LogP contribution in [0.3, 0.4) is 0 Å². The number of urea groups is 1. The molecule has 0 aliphatic carbocycles. The molecular formula is C15H20F3N3O2. The lowest BCUT2D eigenvalue weighted by atomic mass is 10.1. The third-order valence-electron chi connectivity index (χ3n) is 3.05. The molecule has 2 amide bonds. The molecule has 128 valence electrons. The zero-order valence-electron chi connectivity index (χ0n) is 13.0. The SMILES string of the molecule is C=CCN(CCO)C(=O)Nc1cc(C(F)(F)F)ccc1N(C)C. The third kappa shape index (κ3) is 5.17. The Bertz CT molecular complexity index is 559. The van der Waals surface area contributed by atoms with Gasteiger partial charge in [-0.15, -0.1) is 6.58 Å². The topological polar surface area (TPSA) is 55.8 Å². The van der Waals surface area contributed by atoms with Gasteiger partial charge in [-0.3, -0.25) is 0 Å². The largest absolute Gasteiger partial charge is 0.416 e. The van der Waals surface area contributed by atoms with Crippen LogP contribution in [0, 0.1) is 0 Å². The number of amides is 2. The highest BCUT2D eigenvalue weighted by atomic mass is 19.4. The first kappa shape index (κ1) is 18.8. The van der Waals surface area contributed by atoms with Gasteiger partial charge in [0.05, 0.1) is 23.5 Å². The number of benzene rings is 1. The molecule has 0 aliphatic rings. The minimum absolute atomic E-state index is 0.0434. The molecule has 1 aromatic carbocycles. The smallest absolute Gasteiger partial charge is 0.395 e. The van der Waals surface area contributed by atoms with Gasteiger partial charge in [0.2, 0.25) is 0 Å². The Hall–Kier alpha value is -2.22. The maximum absolute atomic E-state index is 12.9. The highest BCUT2D eigenvalue weighted by Gasteiger charge is 2.31. The zero-order valence-corrected chi connectivity index (χ0v) is 13.0. The van der Waals surface area contributed by atoms with Crippen molar-refractivity contribution in [2.24, 2.45) is 0 Å². The number of nitrogens with zero attached hydrogens (tertiary/aromatic N) is 2. The second-order valence-electron chi connectivity index (χ2n) is 5.01. The number of hydrogen-bond acceptors (Lipinski definition) is 3. The summed E-state index contributed by atoms with van der Waals surface area (Å²) < 4.78 is 38.6. The lowest BCUT2D eigenvalue weighted by Gasteiger charge is -2.24. The predicted molar refractivity (Wildman–Crippen MR) is 83.6 cm³/mol. The van der Waals surface area contributed by atoms with Gasteiger partial charge in [0.15, 0.2) is 0 Å². The van der Waals surface area contributed by atoms with Crippen molar-refractivity contribution in [3.63, 3.8) is 0 Å². The maximum atomic E-state index is 12.9. The number of nitrogens with one attached hydrogen (secondary N) is 1. The van der Waals surface area contributed by atoms with E-state index in [9.17, 15) is 18.0 Å². The number of carbonyl (C=O) groups excluding carboxylic acids is 1. The third-order valence-corrected chi connectivity index (χ3v) is 3.05. The van der Waals surface area contributed by atoms with E-state index in [0.29, 0.717) is 5.69 Å². The number of aliphatic hydroxyl groups is 1. The number of alkyl halides is 3. The van der Waals surface area contributed by atoms with Gasteiger partial charge in [-0.25, -0.2) is 4.79 Å². The number of hydrogen-bond donors (Lipinski definition) is 2. The van der Waals surface area contributed by atoms with Gasteiger partial charge in [0.25, 0.3) is 0 Å². The fourth-order valence-corrected chi connectivity index (χ4v) is 1.95. The van der Waals surface area contributed by atoms with Gasteiger partial charge in [0, 0.05) is 27.2 Å². The van der Waals surface area contributed by atoms with Crippen LogP contribution in [0.25, 0.3) is 0 Å². The van der Waals surface area contributed by atoms with Crippen molar-refractivity contribution in [2.75, 3.05) is 44.0 Å². The minimum atomic E-state index is -4.50. The molecule has 0 saturated carbocycles. The summed E-state index contributed by atoms with van der Waals surface area (Å²) in [6.07, 6.45) is -3.04. The Morgan fingerprint density at radius 2 is 2.04 bits per heavy atom. The second-order valence-corrected chi connectivity index (χ2v) is 5.01. The van der Waals surface area contributed by atoms with Gasteiger partial charge in [-0.1, -0.05) is 6.08 Å². The van der Waals surface area contributed by atoms with Crippen molar-refractivity contribution in [1.82, 2.24) is 4.90 Å². The summed E-state index contributed by atoms with van der Waals surface area (Å²) >= 11 is 0. The molecule has 0 aromatic heterocycles. The summed E-state index contributed by atoms with van der Waals surface area (Å²) in [5.74, 6) is 0. The first-order valence-corrected chi connectivity index (χ1v) is 6.87. The van der Waals surface area contributed by atoms with E-state index >= 15 is 0 Å². The van der Waals surface area contributed by atoms with Crippen LogP contribution in [0.5, 0.6) is 0 Å². The van der Waals surface area contributed by atoms with Gasteiger partial charge in [0.1, 0.15) is 0 Å². The summed E-state index contributed by atoms with van der Waals surface area (Å²) in [6.45, 7) is 3.46. The van der Waals surface area contributed by atoms with E-state index in [4.69, 9.17) is 5.11 Å². The first-order valence-electron chi connectivity index (χ1n) is 6.87. The van der Waals surface area contributed by atoms with E-state index in [1.54, 1.807) is 19.0 Å². The normalized spacial score (nSPS) is 11.0. The quantitative estimate of drug-likeness (QED) is 0.788. The highest BCUT2D eigenvalue weighted by molar-refractivity contribution is 5.93. The van der Waals surface area contributed by atoms with E-state index in [1.165, 1.54) is 17.0 Å². The Labute approximate surface area is 133 Å². The number of carbonyl (C=O) groups is 1. The van der Waals surface area contributed by atoms with Gasteiger partial charge in [-0.2, -0.15) is 13.2 Å². The maximum Gasteiger partial charge on any atom is 0.416 e. The monoisotopic (exact) mass is 331 g/mol. The summed E-state index contributed by atoms with van der Waals surface area (Å²) in [6, 6.07) is 2.53. The fraction of sp³-hybridized carbons (Fsp3) is 0.400. The number of halogens is 3. The Morgan fingerprint density at radius 3 is 2.52 bits per heavy atom. The van der Waals surface area contributed by atoms with Crippen LogP contribution in [0.2, 0.25) is 0 Å². The molecule has 0 radical (unpaired) electrons. The van der Waals surface area contributed by atoms with Crippen LogP contribution < -0.4 is 10.2 Å². The summed E-state index contributed by atoms with van der Waals surface area (Å²) in [5, 5.41) is 11.4. The van der Waals surface area contributed by atoms with Crippen molar-refractivity contribution < 1.29 is 23.1 Å². The van der Waals surface area contributed by atoms with Crippen molar-refractivity contribution in [3.05, 3.63) is 36.4 Å². The van der Waals surface area contributed by atoms with E-state index in [0.717, 1.165) is 12.1 Å². The standard InChI is InChI=1S/C15H20F3N3O2/c1-4-7-21(8-9-22)14(23)19-12-10-11(15(16,17)18)5-6-13(12)20(2)3/h4-6,10,22H,1,7-9H2,2-3H3,(H,19,23). The minimum Gasteiger partial charge on any atom is -0.395 e. The van der Waals surface area contributed by atoms with Crippen LogP contribution in [0.1, 0.15) is 5.56 Å². The number of anilines is 2. The lowest BCUT2D eigenvalue weighted by molar-refractivity contribution is -0.137. The van der Waals surface area contributed by atoms with Crippen LogP contribution >= 0.6 is 0 Å². The molecule has 1 aromatic rings. The molecule has 0 aliphatic heterocycles. The van der Waals surface area contributed by atoms with Crippen molar-refractivity contribution in [3.8, 4) is 0 Å². The lowest BCUT2D eigenvalue weighted by Crippen LogP contribution is -2.37. The summed E-state index contributed by atoms with van der Waals surface area (Å²) in [4.78, 5) is 15.0. The van der Waals surface area contributed by atoms with E-state index in [1.807, 2.05) is 0 Å². The van der Waals surface area contributed by atoms with Crippen molar-refractivity contribution in [1.29, 1.82) is 0 Å². The molecule has 0 spiro atoms. The first-order chi connectivity index (χ1) is 10.7. The zero-order chi connectivity index (χ0) is 17.6. The Morgan fingerprint density at radius 1 is 1.39 bits per heavy atom. The molecule has 5 nitrogen and oxygen atoms in total. The van der Waals surface area contributed by atoms with Crippen LogP contribution in [0.15, 0.2) is 30.9 Å². The van der Waals surface area contributed by atoms with Crippen LogP contribution in [-0.4, -0.2) is 49.8 Å². The summed E-state index contributed by atoms with van der Waals surface area (Å²) in [7, 11) is 3.32. The average Bonchev–Trinajstić information content (AvgIpc) is 2.45. The van der Waals surface area contributed by atoms with Gasteiger partial charge in [-0.05, 0) is 18.2 Å². The molecule has 8 heteroatoms. The van der Waals surface area contributed by atoms with Crippen LogP contribution in [-0.2, 0) is 6.18 Å². The molecule has 0 saturated heterocycles. The van der Waals surface area contributed by atoms with E-state index in [-0.39, 0.29) is 25.4 Å². The Kier molecular flexibility index (Phi) is 6.44. The molecule has 0 fully saturated rings. The van der Waals surface area contributed by atoms with Gasteiger partial charge >= 0.3 is 12.2 Å². The molecule has 2 N–H and O–H groups in total. The van der Waals surface area contributed by atoms with Crippen molar-refractivity contribution in [2.45, 2.75) is 6.18 Å². The average molecular weight is 331 g/mol. The molecule has 1 rings (SSSR count). The number of rotatable bonds is 6.